The summed E-state index contributed by atoms with van der Waals surface area (Å²) in [6, 6.07) is 0.477. The normalized spacial score (nSPS) is 22.8. The van der Waals surface area contributed by atoms with Gasteiger partial charge in [-0.25, -0.2) is 0 Å². The molecule has 0 bridgehead atoms. The van der Waals surface area contributed by atoms with E-state index < -0.39 is 0 Å². The third-order valence-corrected chi connectivity index (χ3v) is 3.74. The number of anilines is 3. The van der Waals surface area contributed by atoms with Crippen LogP contribution in [0.2, 0.25) is 0 Å². The Labute approximate surface area is 121 Å². The predicted molar refractivity (Wildman–Crippen MR) is 83.5 cm³/mol. The Balaban J connectivity index is 2.29. The van der Waals surface area contributed by atoms with Crippen LogP contribution in [0.3, 0.4) is 0 Å². The summed E-state index contributed by atoms with van der Waals surface area (Å²) in [4.78, 5) is 17.8. The molecule has 112 valence electrons. The van der Waals surface area contributed by atoms with E-state index in [2.05, 4.69) is 39.0 Å². The lowest BCUT2D eigenvalue weighted by Gasteiger charge is -2.36. The van der Waals surface area contributed by atoms with Crippen LogP contribution >= 0.6 is 0 Å². The topological polar surface area (TPSA) is 57.2 Å². The molecule has 1 aromatic rings. The molecule has 0 spiro atoms. The van der Waals surface area contributed by atoms with Gasteiger partial charge in [-0.3, -0.25) is 0 Å². The van der Waals surface area contributed by atoms with Gasteiger partial charge in [0.1, 0.15) is 0 Å². The number of aromatic nitrogens is 3. The van der Waals surface area contributed by atoms with Gasteiger partial charge in [-0.1, -0.05) is 6.92 Å². The van der Waals surface area contributed by atoms with Crippen LogP contribution in [0.1, 0.15) is 33.6 Å². The first-order valence-corrected chi connectivity index (χ1v) is 7.45. The van der Waals surface area contributed by atoms with Gasteiger partial charge in [0.25, 0.3) is 0 Å². The molecule has 1 aromatic heterocycles. The number of hydrogen-bond donors (Lipinski definition) is 1. The molecular weight excluding hydrogens is 252 g/mol. The lowest BCUT2D eigenvalue weighted by atomic mass is 9.94. The molecule has 1 aliphatic rings. The monoisotopic (exact) mass is 278 g/mol. The minimum absolute atomic E-state index is 0.477. The second-order valence-electron chi connectivity index (χ2n) is 5.86. The third-order valence-electron chi connectivity index (χ3n) is 3.74. The molecule has 6 nitrogen and oxygen atoms in total. The highest BCUT2D eigenvalue weighted by atomic mass is 15.4. The Bertz CT molecular complexity index is 447. The first-order valence-electron chi connectivity index (χ1n) is 7.45. The Kier molecular flexibility index (Phi) is 4.62. The molecule has 1 fully saturated rings. The summed E-state index contributed by atoms with van der Waals surface area (Å²) in [7, 11) is 3.91. The van der Waals surface area contributed by atoms with E-state index in [9.17, 15) is 0 Å². The van der Waals surface area contributed by atoms with Crippen LogP contribution in [0, 0.1) is 5.92 Å². The summed E-state index contributed by atoms with van der Waals surface area (Å²) in [5.74, 6) is 2.94. The summed E-state index contributed by atoms with van der Waals surface area (Å²) >= 11 is 0. The zero-order valence-electron chi connectivity index (χ0n) is 13.2. The number of piperidine rings is 1. The molecule has 1 N–H and O–H groups in total. The fourth-order valence-electron chi connectivity index (χ4n) is 2.62. The van der Waals surface area contributed by atoms with Crippen molar-refractivity contribution in [3.8, 4) is 0 Å². The Morgan fingerprint density at radius 3 is 2.60 bits per heavy atom. The van der Waals surface area contributed by atoms with Crippen LogP contribution in [0.4, 0.5) is 17.8 Å². The Hall–Kier alpha value is -1.59. The van der Waals surface area contributed by atoms with Crippen molar-refractivity contribution in [2.75, 3.05) is 42.3 Å². The van der Waals surface area contributed by atoms with Crippen molar-refractivity contribution in [2.45, 2.75) is 39.7 Å². The average molecular weight is 278 g/mol. The van der Waals surface area contributed by atoms with Crippen molar-refractivity contribution in [1.82, 2.24) is 15.0 Å². The zero-order valence-corrected chi connectivity index (χ0v) is 13.2. The molecule has 0 amide bonds. The van der Waals surface area contributed by atoms with E-state index in [1.165, 1.54) is 12.8 Å². The van der Waals surface area contributed by atoms with E-state index in [4.69, 9.17) is 0 Å². The highest BCUT2D eigenvalue weighted by Crippen LogP contribution is 2.26. The van der Waals surface area contributed by atoms with Gasteiger partial charge in [-0.05, 0) is 32.6 Å². The maximum absolute atomic E-state index is 4.60. The first-order chi connectivity index (χ1) is 9.51. The fraction of sp³-hybridized carbons (Fsp3) is 0.786. The molecule has 2 heterocycles. The molecule has 2 unspecified atom stereocenters. The van der Waals surface area contributed by atoms with Gasteiger partial charge < -0.3 is 15.1 Å². The summed E-state index contributed by atoms with van der Waals surface area (Å²) in [5, 5.41) is 3.19. The van der Waals surface area contributed by atoms with Gasteiger partial charge in [0.2, 0.25) is 17.8 Å². The van der Waals surface area contributed by atoms with E-state index >= 15 is 0 Å². The van der Waals surface area contributed by atoms with Gasteiger partial charge in [-0.2, -0.15) is 15.0 Å². The van der Waals surface area contributed by atoms with Crippen LogP contribution in [0.5, 0.6) is 0 Å². The molecule has 6 heteroatoms. The molecule has 1 saturated heterocycles. The molecule has 0 aromatic carbocycles. The maximum atomic E-state index is 4.60. The molecule has 20 heavy (non-hydrogen) atoms. The average Bonchev–Trinajstić information content (AvgIpc) is 2.38. The van der Waals surface area contributed by atoms with Gasteiger partial charge >= 0.3 is 0 Å². The minimum Gasteiger partial charge on any atom is -0.354 e. The lowest BCUT2D eigenvalue weighted by molar-refractivity contribution is 0.374. The SMILES string of the molecule is CCNc1nc(N(C)C)nc(N2CCC(C)CC2C)n1. The molecule has 1 aliphatic heterocycles. The summed E-state index contributed by atoms with van der Waals surface area (Å²) in [6.45, 7) is 8.44. The van der Waals surface area contributed by atoms with Crippen molar-refractivity contribution < 1.29 is 0 Å². The van der Waals surface area contributed by atoms with Crippen molar-refractivity contribution in [3.63, 3.8) is 0 Å². The Morgan fingerprint density at radius 1 is 1.25 bits per heavy atom. The van der Waals surface area contributed by atoms with Gasteiger partial charge in [-0.15, -0.1) is 0 Å². The van der Waals surface area contributed by atoms with E-state index in [1.807, 2.05) is 25.9 Å². The molecular formula is C14H26N6. The van der Waals surface area contributed by atoms with Crippen LogP contribution in [0.25, 0.3) is 0 Å². The van der Waals surface area contributed by atoms with Gasteiger partial charge in [0.15, 0.2) is 0 Å². The van der Waals surface area contributed by atoms with Crippen LogP contribution < -0.4 is 15.1 Å². The summed E-state index contributed by atoms with van der Waals surface area (Å²) in [6.07, 6.45) is 2.39. The fourth-order valence-corrected chi connectivity index (χ4v) is 2.62. The largest absolute Gasteiger partial charge is 0.354 e. The number of hydrogen-bond acceptors (Lipinski definition) is 6. The molecule has 2 atom stereocenters. The second kappa shape index (κ2) is 6.24. The van der Waals surface area contributed by atoms with Gasteiger partial charge in [0, 0.05) is 33.2 Å². The van der Waals surface area contributed by atoms with Crippen molar-refractivity contribution in [2.24, 2.45) is 5.92 Å². The van der Waals surface area contributed by atoms with E-state index in [0.29, 0.717) is 17.9 Å². The van der Waals surface area contributed by atoms with Crippen LogP contribution in [-0.4, -0.2) is 48.2 Å². The third kappa shape index (κ3) is 3.29. The standard InChI is InChI=1S/C14H26N6/c1-6-15-12-16-13(19(4)5)18-14(17-12)20-8-7-10(2)9-11(20)3/h10-11H,6-9H2,1-5H3,(H,15,16,17,18). The summed E-state index contributed by atoms with van der Waals surface area (Å²) < 4.78 is 0. The van der Waals surface area contributed by atoms with Crippen molar-refractivity contribution >= 4 is 17.8 Å². The van der Waals surface area contributed by atoms with Crippen LogP contribution in [0.15, 0.2) is 0 Å². The molecule has 0 aliphatic carbocycles. The maximum Gasteiger partial charge on any atom is 0.232 e. The number of nitrogens with zero attached hydrogens (tertiary/aromatic N) is 5. The summed E-state index contributed by atoms with van der Waals surface area (Å²) in [5.41, 5.74) is 0. The van der Waals surface area contributed by atoms with E-state index in [1.54, 1.807) is 0 Å². The Morgan fingerprint density at radius 2 is 2.00 bits per heavy atom. The number of rotatable bonds is 4. The lowest BCUT2D eigenvalue weighted by Crippen LogP contribution is -2.41. The molecule has 2 rings (SSSR count). The van der Waals surface area contributed by atoms with Crippen LogP contribution in [-0.2, 0) is 0 Å². The second-order valence-corrected chi connectivity index (χ2v) is 5.86. The molecule has 0 saturated carbocycles. The predicted octanol–water partition coefficient (Wildman–Crippen LogP) is 1.99. The smallest absolute Gasteiger partial charge is 0.232 e. The minimum atomic E-state index is 0.477. The zero-order chi connectivity index (χ0) is 14.7. The van der Waals surface area contributed by atoms with E-state index in [-0.39, 0.29) is 0 Å². The first kappa shape index (κ1) is 14.8. The number of nitrogens with one attached hydrogen (secondary N) is 1. The highest BCUT2D eigenvalue weighted by Gasteiger charge is 2.25. The highest BCUT2D eigenvalue weighted by molar-refractivity contribution is 5.45. The molecule has 0 radical (unpaired) electrons. The van der Waals surface area contributed by atoms with E-state index in [0.717, 1.165) is 25.0 Å². The van der Waals surface area contributed by atoms with Gasteiger partial charge in [0.05, 0.1) is 0 Å². The van der Waals surface area contributed by atoms with Crippen molar-refractivity contribution in [1.29, 1.82) is 0 Å². The van der Waals surface area contributed by atoms with Crippen molar-refractivity contribution in [3.05, 3.63) is 0 Å². The quantitative estimate of drug-likeness (QED) is 0.909.